The minimum absolute atomic E-state index is 0.0387. The van der Waals surface area contributed by atoms with Crippen molar-refractivity contribution in [2.75, 3.05) is 6.61 Å². The van der Waals surface area contributed by atoms with E-state index in [0.717, 1.165) is 6.08 Å². The van der Waals surface area contributed by atoms with E-state index in [1.54, 1.807) is 12.1 Å². The Hall–Kier alpha value is -5.75. The van der Waals surface area contributed by atoms with Crippen molar-refractivity contribution < 1.29 is 78.8 Å². The van der Waals surface area contributed by atoms with Crippen LogP contribution in [-0.4, -0.2) is 125 Å². The van der Waals surface area contributed by atoms with Gasteiger partial charge in [-0.2, -0.15) is 4.58 Å². The zero-order valence-corrected chi connectivity index (χ0v) is 25.9. The maximum absolute atomic E-state index is 12.3. The molecule has 2 aromatic carbocycles. The summed E-state index contributed by atoms with van der Waals surface area (Å²) in [7, 11) is 0. The van der Waals surface area contributed by atoms with Crippen LogP contribution in [0, 0.1) is 0 Å². The van der Waals surface area contributed by atoms with Gasteiger partial charge in [0.25, 0.3) is 6.04 Å². The molecule has 0 aliphatic carbocycles. The number of aliphatic hydroxyl groups excluding tert-OH is 3. The second kappa shape index (κ2) is 14.8. The molecule has 0 unspecified atom stereocenters. The summed E-state index contributed by atoms with van der Waals surface area (Å²) in [6.07, 6.45) is -2.27. The maximum atomic E-state index is 12.3. The highest BCUT2D eigenvalue weighted by Crippen LogP contribution is 2.40. The lowest BCUT2D eigenvalue weighted by Crippen LogP contribution is -2.60. The van der Waals surface area contributed by atoms with Crippen LogP contribution >= 0.6 is 0 Å². The minimum Gasteiger partial charge on any atom is -0.508 e. The van der Waals surface area contributed by atoms with Gasteiger partial charge >= 0.3 is 23.9 Å². The Morgan fingerprint density at radius 3 is 2.32 bits per heavy atom. The van der Waals surface area contributed by atoms with E-state index in [-0.39, 0.29) is 41.3 Å². The summed E-state index contributed by atoms with van der Waals surface area (Å²) in [6, 6.07) is 6.00. The van der Waals surface area contributed by atoms with Crippen molar-refractivity contribution in [2.24, 2.45) is 0 Å². The van der Waals surface area contributed by atoms with Gasteiger partial charge in [-0.1, -0.05) is 12.1 Å². The molecule has 3 aliphatic heterocycles. The summed E-state index contributed by atoms with van der Waals surface area (Å²) < 4.78 is 17.7. The van der Waals surface area contributed by atoms with Gasteiger partial charge in [-0.15, -0.1) is 0 Å². The van der Waals surface area contributed by atoms with Crippen molar-refractivity contribution in [3.63, 3.8) is 0 Å². The zero-order valence-electron chi connectivity index (χ0n) is 25.9. The fraction of sp³-hybridized carbons (Fsp3) is 0.303. The van der Waals surface area contributed by atoms with Crippen LogP contribution in [0.1, 0.15) is 17.5 Å². The quantitative estimate of drug-likeness (QED) is 0.0868. The molecule has 0 spiro atoms. The molecule has 5 rings (SSSR count). The van der Waals surface area contributed by atoms with E-state index in [9.17, 15) is 60.0 Å². The molecule has 0 radical (unpaired) electrons. The van der Waals surface area contributed by atoms with Gasteiger partial charge in [-0.05, 0) is 41.5 Å². The Morgan fingerprint density at radius 1 is 0.940 bits per heavy atom. The van der Waals surface area contributed by atoms with Crippen LogP contribution in [-0.2, 0) is 35.1 Å². The third kappa shape index (κ3) is 7.92. The molecule has 3 aliphatic rings. The summed E-state index contributed by atoms with van der Waals surface area (Å²) in [4.78, 5) is 47.5. The molecule has 2 aromatic rings. The fourth-order valence-electron chi connectivity index (χ4n) is 5.53. The monoisotopic (exact) mass is 697 g/mol. The second-order valence-electron chi connectivity index (χ2n) is 11.6. The number of nitrogens with one attached hydrogen (secondary N) is 1. The summed E-state index contributed by atoms with van der Waals surface area (Å²) >= 11 is 0. The van der Waals surface area contributed by atoms with Gasteiger partial charge in [0.15, 0.2) is 17.7 Å². The number of rotatable bonds is 10. The SMILES string of the molecule is O=C(C=Cc1ccc(O)cc1)OC[C@H]1O[C@@H](Oc2cc3c(cc2O)C[C@@H](C(=O)O)[N+]3=CC=C2C=C(C(=O)O)N[C@@H](C(=O)O)C2)[C@H](O)[C@@H](O)[C@@H]1O. The Kier molecular flexibility index (Phi) is 10.5. The number of benzene rings is 2. The number of esters is 1. The molecule has 264 valence electrons. The number of carbonyl (C=O) groups is 4. The van der Waals surface area contributed by atoms with Crippen molar-refractivity contribution in [3.8, 4) is 17.2 Å². The van der Waals surface area contributed by atoms with Gasteiger partial charge in [0.1, 0.15) is 48.5 Å². The highest BCUT2D eigenvalue weighted by Gasteiger charge is 2.46. The molecule has 17 nitrogen and oxygen atoms in total. The standard InChI is InChI=1S/C33H32N2O15/c36-18-4-1-15(2-5-18)3-6-26(38)48-14-25-27(39)28(40)29(41)33(50-25)49-24-13-21-17(12-23(24)37)11-22(32(46)47)35(21)8-7-16-9-19(30(42)43)34-20(10-16)31(44)45/h1-9,12-13,20,22,25,27-29,33,39-41H,10-11,14H2,(H5,36,37,38,42,43,44,45,46,47)/p+1/t20-,22+,25-,27-,28+,29-,33-/m1/s1. The van der Waals surface area contributed by atoms with Crippen molar-refractivity contribution in [3.05, 3.63) is 77.0 Å². The first-order valence-corrected chi connectivity index (χ1v) is 15.1. The average molecular weight is 698 g/mol. The van der Waals surface area contributed by atoms with Crippen molar-refractivity contribution in [2.45, 2.75) is 55.6 Å². The fourth-order valence-corrected chi connectivity index (χ4v) is 5.53. The Balaban J connectivity index is 1.35. The Morgan fingerprint density at radius 2 is 1.66 bits per heavy atom. The van der Waals surface area contributed by atoms with E-state index in [0.29, 0.717) is 11.1 Å². The van der Waals surface area contributed by atoms with Gasteiger partial charge in [0.05, 0.1) is 12.5 Å². The van der Waals surface area contributed by atoms with Gasteiger partial charge in [-0.3, -0.25) is 0 Å². The predicted molar refractivity (Wildman–Crippen MR) is 168 cm³/mol. The lowest BCUT2D eigenvalue weighted by molar-refractivity contribution is -0.456. The minimum atomic E-state index is -1.85. The van der Waals surface area contributed by atoms with Crippen LogP contribution in [0.2, 0.25) is 0 Å². The first kappa shape index (κ1) is 35.6. The molecule has 50 heavy (non-hydrogen) atoms. The molecule has 0 bridgehead atoms. The number of fused-ring (bicyclic) bond motifs is 1. The van der Waals surface area contributed by atoms with Crippen LogP contribution < -0.4 is 10.1 Å². The van der Waals surface area contributed by atoms with E-state index in [1.165, 1.54) is 53.3 Å². The number of carboxylic acid groups (broad SMARTS) is 3. The maximum Gasteiger partial charge on any atom is 0.373 e. The van der Waals surface area contributed by atoms with Gasteiger partial charge in [0.2, 0.25) is 12.0 Å². The molecule has 9 N–H and O–H groups in total. The predicted octanol–water partition coefficient (Wildman–Crippen LogP) is -0.394. The highest BCUT2D eigenvalue weighted by atomic mass is 16.7. The molecule has 7 atom stereocenters. The third-order valence-corrected chi connectivity index (χ3v) is 8.16. The van der Waals surface area contributed by atoms with Crippen molar-refractivity contribution in [1.82, 2.24) is 5.32 Å². The molecular weight excluding hydrogens is 664 g/mol. The second-order valence-corrected chi connectivity index (χ2v) is 11.6. The normalized spacial score (nSPS) is 27.7. The van der Waals surface area contributed by atoms with E-state index in [1.807, 2.05) is 0 Å². The number of nitrogens with zero attached hydrogens (tertiary/aromatic N) is 1. The van der Waals surface area contributed by atoms with Crippen molar-refractivity contribution in [1.29, 1.82) is 0 Å². The van der Waals surface area contributed by atoms with E-state index in [2.05, 4.69) is 5.32 Å². The van der Waals surface area contributed by atoms with Gasteiger partial charge in [0, 0.05) is 24.1 Å². The summed E-state index contributed by atoms with van der Waals surface area (Å²) in [6.45, 7) is -0.576. The molecule has 1 fully saturated rings. The first-order chi connectivity index (χ1) is 23.7. The largest absolute Gasteiger partial charge is 0.508 e. The number of carboxylic acids is 3. The number of phenolic OH excluding ortho intramolecular Hbond substituents is 2. The number of allylic oxidation sites excluding steroid dienone is 2. The lowest BCUT2D eigenvalue weighted by Gasteiger charge is -2.39. The van der Waals surface area contributed by atoms with E-state index < -0.39 is 79.0 Å². The number of hydrogen-bond acceptors (Lipinski definition) is 13. The summed E-state index contributed by atoms with van der Waals surface area (Å²) in [5, 5.41) is 82.9. The zero-order chi connectivity index (χ0) is 36.3. The first-order valence-electron chi connectivity index (χ1n) is 15.1. The number of aliphatic carboxylic acids is 3. The van der Waals surface area contributed by atoms with E-state index in [4.69, 9.17) is 14.2 Å². The van der Waals surface area contributed by atoms with Crippen LogP contribution in [0.15, 0.2) is 65.9 Å². The van der Waals surface area contributed by atoms with E-state index >= 15 is 0 Å². The molecule has 0 aromatic heterocycles. The molecule has 3 heterocycles. The summed E-state index contributed by atoms with van der Waals surface area (Å²) in [5.74, 6) is -5.52. The van der Waals surface area contributed by atoms with Crippen LogP contribution in [0.5, 0.6) is 17.2 Å². The third-order valence-electron chi connectivity index (χ3n) is 8.16. The number of aliphatic hydroxyl groups is 3. The Labute approximate surface area is 282 Å². The lowest BCUT2D eigenvalue weighted by atomic mass is 9.99. The van der Waals surface area contributed by atoms with Crippen LogP contribution in [0.3, 0.4) is 0 Å². The van der Waals surface area contributed by atoms with Crippen LogP contribution in [0.25, 0.3) is 6.08 Å². The Bertz CT molecular complexity index is 1800. The molecule has 17 heteroatoms. The molecule has 0 saturated carbocycles. The molecule has 1 saturated heterocycles. The average Bonchev–Trinajstić information content (AvgIpc) is 3.43. The number of ether oxygens (including phenoxy) is 3. The number of carbonyl (C=O) groups excluding carboxylic acids is 1. The molecule has 0 amide bonds. The number of aromatic hydroxyl groups is 2. The van der Waals surface area contributed by atoms with Crippen molar-refractivity contribution >= 4 is 41.9 Å². The topological polar surface area (TPSA) is 273 Å². The number of phenols is 2. The van der Waals surface area contributed by atoms with Crippen LogP contribution in [0.4, 0.5) is 5.69 Å². The van der Waals surface area contributed by atoms with Gasteiger partial charge in [-0.25, -0.2) is 19.2 Å². The number of hydrogen-bond donors (Lipinski definition) is 9. The smallest absolute Gasteiger partial charge is 0.373 e. The molecular formula is C33H33N2O15+. The van der Waals surface area contributed by atoms with Gasteiger partial charge < -0.3 is 60.4 Å². The highest BCUT2D eigenvalue weighted by molar-refractivity contribution is 5.90. The summed E-state index contributed by atoms with van der Waals surface area (Å²) in [5.41, 5.74) is 1.09.